The van der Waals surface area contributed by atoms with Crippen molar-refractivity contribution in [1.82, 2.24) is 4.90 Å². The maximum absolute atomic E-state index is 13.8. The van der Waals surface area contributed by atoms with Crippen LogP contribution in [0.3, 0.4) is 0 Å². The summed E-state index contributed by atoms with van der Waals surface area (Å²) in [7, 11) is 1.48. The third-order valence-electron chi connectivity index (χ3n) is 3.79. The van der Waals surface area contributed by atoms with Crippen molar-refractivity contribution in [2.75, 3.05) is 18.9 Å². The Morgan fingerprint density at radius 1 is 1.11 bits per heavy atom. The Morgan fingerprint density at radius 3 is 2.63 bits per heavy atom. The fourth-order valence-electron chi connectivity index (χ4n) is 2.50. The van der Waals surface area contributed by atoms with Crippen molar-refractivity contribution >= 4 is 29.1 Å². The molecule has 0 aliphatic carbocycles. The summed E-state index contributed by atoms with van der Waals surface area (Å²) in [4.78, 5) is 25.8. The van der Waals surface area contributed by atoms with Crippen molar-refractivity contribution in [3.8, 4) is 11.3 Å². The monoisotopic (exact) mass is 386 g/mol. The normalized spacial score (nSPS) is 10.5. The zero-order valence-electron chi connectivity index (χ0n) is 14.4. The number of amides is 2. The lowest BCUT2D eigenvalue weighted by molar-refractivity contribution is -0.116. The zero-order chi connectivity index (χ0) is 19.4. The quantitative estimate of drug-likeness (QED) is 0.704. The second kappa shape index (κ2) is 8.05. The van der Waals surface area contributed by atoms with Crippen LogP contribution in [0.4, 0.5) is 10.1 Å². The highest BCUT2D eigenvalue weighted by atomic mass is 35.5. The molecule has 7 heteroatoms. The molecule has 0 saturated carbocycles. The molecule has 1 heterocycles. The van der Waals surface area contributed by atoms with Gasteiger partial charge in [0.15, 0.2) is 5.76 Å². The standard InChI is InChI=1S/C20H16ClFN2O3/c1-24(12-19(25)23-14-6-4-5-13(21)11-14)20(26)18-10-9-17(27-18)15-7-2-3-8-16(15)22/h2-11H,12H2,1H3,(H,23,25). The molecule has 0 bridgehead atoms. The Hall–Kier alpha value is -3.12. The molecular weight excluding hydrogens is 371 g/mol. The van der Waals surface area contributed by atoms with E-state index in [-0.39, 0.29) is 29.5 Å². The summed E-state index contributed by atoms with van der Waals surface area (Å²) in [5, 5.41) is 3.16. The van der Waals surface area contributed by atoms with Crippen molar-refractivity contribution in [3.63, 3.8) is 0 Å². The SMILES string of the molecule is CN(CC(=O)Nc1cccc(Cl)c1)C(=O)c1ccc(-c2ccccc2F)o1. The van der Waals surface area contributed by atoms with Crippen LogP contribution in [0.1, 0.15) is 10.6 Å². The van der Waals surface area contributed by atoms with E-state index in [0.29, 0.717) is 10.7 Å². The number of likely N-dealkylation sites (N-methyl/N-ethyl adjacent to an activating group) is 1. The van der Waals surface area contributed by atoms with Crippen LogP contribution >= 0.6 is 11.6 Å². The number of hydrogen-bond acceptors (Lipinski definition) is 3. The van der Waals surface area contributed by atoms with Gasteiger partial charge in [0.25, 0.3) is 5.91 Å². The second-order valence-corrected chi connectivity index (χ2v) is 6.30. The summed E-state index contributed by atoms with van der Waals surface area (Å²) in [6.07, 6.45) is 0. The molecule has 138 valence electrons. The van der Waals surface area contributed by atoms with Gasteiger partial charge >= 0.3 is 0 Å². The predicted molar refractivity (Wildman–Crippen MR) is 101 cm³/mol. The first-order valence-electron chi connectivity index (χ1n) is 8.09. The highest BCUT2D eigenvalue weighted by Gasteiger charge is 2.19. The van der Waals surface area contributed by atoms with Crippen molar-refractivity contribution in [2.24, 2.45) is 0 Å². The average molecular weight is 387 g/mol. The molecule has 0 atom stereocenters. The summed E-state index contributed by atoms with van der Waals surface area (Å²) in [5.41, 5.74) is 0.797. The summed E-state index contributed by atoms with van der Waals surface area (Å²) >= 11 is 5.87. The molecule has 3 aromatic rings. The first-order chi connectivity index (χ1) is 12.9. The van der Waals surface area contributed by atoms with Crippen LogP contribution < -0.4 is 5.32 Å². The summed E-state index contributed by atoms with van der Waals surface area (Å²) in [6.45, 7) is -0.179. The first kappa shape index (κ1) is 18.7. The predicted octanol–water partition coefficient (Wildman–Crippen LogP) is 4.45. The largest absolute Gasteiger partial charge is 0.451 e. The van der Waals surface area contributed by atoms with Gasteiger partial charge in [-0.3, -0.25) is 9.59 Å². The van der Waals surface area contributed by atoms with E-state index in [0.717, 1.165) is 0 Å². The van der Waals surface area contributed by atoms with Crippen LogP contribution in [-0.4, -0.2) is 30.3 Å². The van der Waals surface area contributed by atoms with Crippen LogP contribution in [0.5, 0.6) is 0 Å². The Morgan fingerprint density at radius 2 is 1.89 bits per heavy atom. The topological polar surface area (TPSA) is 62.6 Å². The van der Waals surface area contributed by atoms with Gasteiger partial charge < -0.3 is 14.6 Å². The van der Waals surface area contributed by atoms with E-state index < -0.39 is 11.7 Å². The number of anilines is 1. The van der Waals surface area contributed by atoms with Gasteiger partial charge in [-0.05, 0) is 42.5 Å². The number of carbonyl (C=O) groups is 2. The number of benzene rings is 2. The van der Waals surface area contributed by atoms with Crippen LogP contribution in [0, 0.1) is 5.82 Å². The molecule has 0 aliphatic rings. The minimum atomic E-state index is -0.487. The van der Waals surface area contributed by atoms with Gasteiger partial charge in [0.05, 0.1) is 12.1 Å². The number of nitrogens with zero attached hydrogens (tertiary/aromatic N) is 1. The molecule has 1 aromatic heterocycles. The van der Waals surface area contributed by atoms with Gasteiger partial charge in [-0.1, -0.05) is 29.8 Å². The Bertz CT molecular complexity index is 987. The molecule has 0 unspecified atom stereocenters. The second-order valence-electron chi connectivity index (χ2n) is 5.86. The molecule has 0 radical (unpaired) electrons. The molecule has 0 fully saturated rings. The van der Waals surface area contributed by atoms with E-state index in [1.807, 2.05) is 0 Å². The highest BCUT2D eigenvalue weighted by Crippen LogP contribution is 2.25. The molecule has 0 spiro atoms. The molecule has 0 aliphatic heterocycles. The number of furan rings is 1. The van der Waals surface area contributed by atoms with E-state index in [4.69, 9.17) is 16.0 Å². The van der Waals surface area contributed by atoms with E-state index in [2.05, 4.69) is 5.32 Å². The van der Waals surface area contributed by atoms with Gasteiger partial charge in [0.1, 0.15) is 11.6 Å². The lowest BCUT2D eigenvalue weighted by Crippen LogP contribution is -2.34. The minimum absolute atomic E-state index is 0.0197. The Kier molecular flexibility index (Phi) is 5.57. The van der Waals surface area contributed by atoms with E-state index in [1.165, 1.54) is 30.1 Å². The Balaban J connectivity index is 1.65. The van der Waals surface area contributed by atoms with Crippen LogP contribution in [0.2, 0.25) is 5.02 Å². The molecule has 5 nitrogen and oxygen atoms in total. The van der Waals surface area contributed by atoms with Crippen LogP contribution in [0.15, 0.2) is 65.1 Å². The molecule has 2 aromatic carbocycles. The van der Waals surface area contributed by atoms with Gasteiger partial charge in [0.2, 0.25) is 5.91 Å². The molecule has 2 amide bonds. The van der Waals surface area contributed by atoms with Crippen LogP contribution in [0.25, 0.3) is 11.3 Å². The maximum atomic E-state index is 13.8. The first-order valence-corrected chi connectivity index (χ1v) is 8.47. The van der Waals surface area contributed by atoms with Gasteiger partial charge in [-0.15, -0.1) is 0 Å². The van der Waals surface area contributed by atoms with E-state index in [9.17, 15) is 14.0 Å². The third-order valence-corrected chi connectivity index (χ3v) is 4.03. The Labute approximate surface area is 160 Å². The molecule has 0 saturated heterocycles. The van der Waals surface area contributed by atoms with Gasteiger partial charge in [-0.2, -0.15) is 0 Å². The fraction of sp³-hybridized carbons (Fsp3) is 0.100. The van der Waals surface area contributed by atoms with Crippen molar-refractivity contribution in [1.29, 1.82) is 0 Å². The number of hydrogen-bond donors (Lipinski definition) is 1. The average Bonchev–Trinajstić information content (AvgIpc) is 3.11. The lowest BCUT2D eigenvalue weighted by atomic mass is 10.1. The number of carbonyl (C=O) groups excluding carboxylic acids is 2. The molecule has 1 N–H and O–H groups in total. The van der Waals surface area contributed by atoms with Crippen LogP contribution in [-0.2, 0) is 4.79 Å². The fourth-order valence-corrected chi connectivity index (χ4v) is 2.69. The number of nitrogens with one attached hydrogen (secondary N) is 1. The van der Waals surface area contributed by atoms with Crippen molar-refractivity contribution in [2.45, 2.75) is 0 Å². The van der Waals surface area contributed by atoms with Gasteiger partial charge in [0, 0.05) is 17.8 Å². The van der Waals surface area contributed by atoms with Gasteiger partial charge in [-0.25, -0.2) is 4.39 Å². The molecule has 3 rings (SSSR count). The smallest absolute Gasteiger partial charge is 0.289 e. The summed E-state index contributed by atoms with van der Waals surface area (Å²) < 4.78 is 19.3. The lowest BCUT2D eigenvalue weighted by Gasteiger charge is -2.15. The summed E-state index contributed by atoms with van der Waals surface area (Å²) in [6, 6.07) is 15.8. The molecular formula is C20H16ClFN2O3. The van der Waals surface area contributed by atoms with Crippen molar-refractivity contribution < 1.29 is 18.4 Å². The summed E-state index contributed by atoms with van der Waals surface area (Å²) in [5.74, 6) is -1.05. The highest BCUT2D eigenvalue weighted by molar-refractivity contribution is 6.30. The number of halogens is 2. The minimum Gasteiger partial charge on any atom is -0.451 e. The van der Waals surface area contributed by atoms with E-state index >= 15 is 0 Å². The van der Waals surface area contributed by atoms with Crippen molar-refractivity contribution in [3.05, 3.63) is 77.3 Å². The zero-order valence-corrected chi connectivity index (χ0v) is 15.2. The third kappa shape index (κ3) is 4.54. The van der Waals surface area contributed by atoms with E-state index in [1.54, 1.807) is 42.5 Å². The number of rotatable bonds is 5. The maximum Gasteiger partial charge on any atom is 0.289 e. The molecule has 27 heavy (non-hydrogen) atoms.